The summed E-state index contributed by atoms with van der Waals surface area (Å²) in [7, 11) is -7.08. The lowest BCUT2D eigenvalue weighted by Gasteiger charge is -2.36. The van der Waals surface area contributed by atoms with Crippen LogP contribution < -0.4 is 24.6 Å². The molecule has 4 aliphatic heterocycles. The number of anilines is 2. The van der Waals surface area contributed by atoms with Gasteiger partial charge in [-0.1, -0.05) is 66.7 Å². The number of rotatable bonds is 8. The van der Waals surface area contributed by atoms with Crippen LogP contribution in [0.1, 0.15) is 18.4 Å². The Morgan fingerprint density at radius 2 is 1.07 bits per heavy atom. The summed E-state index contributed by atoms with van der Waals surface area (Å²) in [4.78, 5) is 8.37. The molecule has 0 radical (unpaired) electrons. The van der Waals surface area contributed by atoms with Gasteiger partial charge < -0.3 is 24.6 Å². The van der Waals surface area contributed by atoms with Crippen LogP contribution in [0.4, 0.5) is 11.4 Å². The zero-order valence-electron chi connectivity index (χ0n) is 30.7. The average molecular weight is 779 g/mol. The van der Waals surface area contributed by atoms with Crippen LogP contribution in [0.15, 0.2) is 147 Å². The van der Waals surface area contributed by atoms with Crippen LogP contribution in [-0.4, -0.2) is 86.3 Å². The number of fused-ring (bicyclic) bond motifs is 2. The SMILES string of the molecule is O=S(=O)(c1ccccc1)c1ccc2c(c1)OCCN2C1CCN(Cc2ccccc2)C1.O=S(=O)(c1ccccc1)c1ccc2c(c1)OCCN2C1CCNC1. The molecule has 286 valence electrons. The molecule has 0 aliphatic carbocycles. The van der Waals surface area contributed by atoms with Crippen LogP contribution in [0.3, 0.4) is 0 Å². The predicted molar refractivity (Wildman–Crippen MR) is 214 cm³/mol. The van der Waals surface area contributed by atoms with Crippen molar-refractivity contribution in [3.8, 4) is 11.5 Å². The van der Waals surface area contributed by atoms with E-state index in [1.54, 1.807) is 72.8 Å². The first-order valence-electron chi connectivity index (χ1n) is 18.9. The van der Waals surface area contributed by atoms with E-state index >= 15 is 0 Å². The average Bonchev–Trinajstić information content (AvgIpc) is 3.95. The first-order chi connectivity index (χ1) is 26.8. The molecule has 4 heterocycles. The van der Waals surface area contributed by atoms with Crippen LogP contribution >= 0.6 is 0 Å². The Balaban J connectivity index is 0.000000160. The fraction of sp³-hybridized carbons (Fsp3) is 0.302. The van der Waals surface area contributed by atoms with Gasteiger partial charge in [-0.3, -0.25) is 4.90 Å². The number of likely N-dealkylation sites (tertiary alicyclic amines) is 1. The van der Waals surface area contributed by atoms with Crippen LogP contribution in [0, 0.1) is 0 Å². The Bertz CT molecular complexity index is 2310. The number of nitrogens with one attached hydrogen (secondary N) is 1. The summed E-state index contributed by atoms with van der Waals surface area (Å²) < 4.78 is 63.2. The number of hydrogen-bond donors (Lipinski definition) is 1. The van der Waals surface area contributed by atoms with E-state index in [0.29, 0.717) is 46.6 Å². The van der Waals surface area contributed by atoms with Crippen LogP contribution in [0.5, 0.6) is 11.5 Å². The van der Waals surface area contributed by atoms with Gasteiger partial charge in [0, 0.05) is 50.4 Å². The highest BCUT2D eigenvalue weighted by Gasteiger charge is 2.33. The molecule has 2 fully saturated rings. The highest BCUT2D eigenvalue weighted by molar-refractivity contribution is 7.91. The van der Waals surface area contributed by atoms with Crippen molar-refractivity contribution in [1.82, 2.24) is 10.2 Å². The van der Waals surface area contributed by atoms with Crippen molar-refractivity contribution < 1.29 is 26.3 Å². The van der Waals surface area contributed by atoms with E-state index in [0.717, 1.165) is 70.0 Å². The van der Waals surface area contributed by atoms with Gasteiger partial charge in [-0.25, -0.2) is 16.8 Å². The zero-order chi connectivity index (χ0) is 37.8. The Morgan fingerprint density at radius 1 is 0.564 bits per heavy atom. The molecular weight excluding hydrogens is 733 g/mol. The second-order valence-corrected chi connectivity index (χ2v) is 18.2. The van der Waals surface area contributed by atoms with Crippen molar-refractivity contribution >= 4 is 31.0 Å². The monoisotopic (exact) mass is 778 g/mol. The summed E-state index contributed by atoms with van der Waals surface area (Å²) in [6.07, 6.45) is 2.19. The molecule has 10 nitrogen and oxygen atoms in total. The van der Waals surface area contributed by atoms with Gasteiger partial charge in [-0.15, -0.1) is 0 Å². The molecule has 5 aromatic rings. The summed E-state index contributed by atoms with van der Waals surface area (Å²) >= 11 is 0. The molecule has 0 spiro atoms. The molecule has 2 unspecified atom stereocenters. The Hall–Kier alpha value is -4.88. The van der Waals surface area contributed by atoms with Gasteiger partial charge in [-0.05, 0) is 73.5 Å². The number of ether oxygens (including phenoxy) is 2. The Labute approximate surface area is 324 Å². The number of nitrogens with zero attached hydrogens (tertiary/aromatic N) is 3. The van der Waals surface area contributed by atoms with Crippen LogP contribution in [0.2, 0.25) is 0 Å². The lowest BCUT2D eigenvalue weighted by molar-refractivity contribution is 0.291. The van der Waals surface area contributed by atoms with E-state index in [9.17, 15) is 16.8 Å². The molecule has 2 saturated heterocycles. The topological polar surface area (TPSA) is 108 Å². The molecule has 0 amide bonds. The van der Waals surface area contributed by atoms with Crippen LogP contribution in [0.25, 0.3) is 0 Å². The first-order valence-corrected chi connectivity index (χ1v) is 21.9. The molecule has 0 aromatic heterocycles. The minimum Gasteiger partial charge on any atom is -0.490 e. The minimum absolute atomic E-state index is 0.274. The van der Waals surface area contributed by atoms with Gasteiger partial charge in [0.05, 0.1) is 44.0 Å². The van der Waals surface area contributed by atoms with Crippen molar-refractivity contribution in [3.63, 3.8) is 0 Å². The zero-order valence-corrected chi connectivity index (χ0v) is 32.3. The third kappa shape index (κ3) is 7.95. The summed E-state index contributed by atoms with van der Waals surface area (Å²) in [6, 6.07) is 39.0. The molecule has 5 aromatic carbocycles. The molecule has 0 bridgehead atoms. The number of sulfone groups is 2. The molecule has 9 rings (SSSR count). The highest BCUT2D eigenvalue weighted by atomic mass is 32.2. The van der Waals surface area contributed by atoms with E-state index in [1.807, 2.05) is 30.3 Å². The van der Waals surface area contributed by atoms with Gasteiger partial charge in [0.2, 0.25) is 19.7 Å². The maximum Gasteiger partial charge on any atom is 0.206 e. The quantitative estimate of drug-likeness (QED) is 0.200. The fourth-order valence-corrected chi connectivity index (χ4v) is 10.6. The third-order valence-corrected chi connectivity index (χ3v) is 14.3. The van der Waals surface area contributed by atoms with Gasteiger partial charge in [-0.2, -0.15) is 0 Å². The summed E-state index contributed by atoms with van der Waals surface area (Å²) in [5, 5.41) is 3.38. The second kappa shape index (κ2) is 16.1. The molecule has 55 heavy (non-hydrogen) atoms. The van der Waals surface area contributed by atoms with E-state index in [2.05, 4.69) is 44.3 Å². The number of benzene rings is 5. The smallest absolute Gasteiger partial charge is 0.206 e. The summed E-state index contributed by atoms with van der Waals surface area (Å²) in [5.41, 5.74) is 3.31. The van der Waals surface area contributed by atoms with Crippen molar-refractivity contribution in [1.29, 1.82) is 0 Å². The Morgan fingerprint density at radius 3 is 1.58 bits per heavy atom. The molecule has 2 atom stereocenters. The predicted octanol–water partition coefficient (Wildman–Crippen LogP) is 6.07. The summed E-state index contributed by atoms with van der Waals surface area (Å²) in [5.74, 6) is 1.31. The highest BCUT2D eigenvalue weighted by Crippen LogP contribution is 2.39. The van der Waals surface area contributed by atoms with Gasteiger partial charge >= 0.3 is 0 Å². The fourth-order valence-electron chi connectivity index (χ4n) is 7.97. The second-order valence-electron chi connectivity index (χ2n) is 14.3. The van der Waals surface area contributed by atoms with Crippen molar-refractivity contribution in [2.24, 2.45) is 0 Å². The molecule has 1 N–H and O–H groups in total. The maximum absolute atomic E-state index is 13.0. The lowest BCUT2D eigenvalue weighted by atomic mass is 10.1. The van der Waals surface area contributed by atoms with E-state index < -0.39 is 19.7 Å². The largest absolute Gasteiger partial charge is 0.490 e. The third-order valence-electron chi connectivity index (χ3n) is 10.8. The minimum atomic E-state index is -3.56. The van der Waals surface area contributed by atoms with Gasteiger partial charge in [0.1, 0.15) is 24.7 Å². The summed E-state index contributed by atoms with van der Waals surface area (Å²) in [6.45, 7) is 7.82. The normalized spacial score (nSPS) is 19.7. The standard InChI is InChI=1S/C25H26N2O3S.C18H20N2O3S/c28-31(29,22-9-5-2-6-10-22)23-11-12-24-25(17-23)30-16-15-27(24)21-13-14-26(19-21)18-20-7-3-1-4-8-20;21-24(22,15-4-2-1-3-5-15)16-6-7-17-18(12-16)23-11-10-20(17)14-8-9-19-13-14/h1-12,17,21H,13-16,18-19H2;1-7,12,14,19H,8-11,13H2. The molecule has 0 saturated carbocycles. The van der Waals surface area contributed by atoms with Crippen molar-refractivity contribution in [2.45, 2.75) is 51.1 Å². The molecule has 12 heteroatoms. The maximum atomic E-state index is 13.0. The lowest BCUT2D eigenvalue weighted by Crippen LogP contribution is -2.42. The van der Waals surface area contributed by atoms with Crippen LogP contribution in [-0.2, 0) is 26.2 Å². The van der Waals surface area contributed by atoms with E-state index in [4.69, 9.17) is 9.47 Å². The van der Waals surface area contributed by atoms with E-state index in [-0.39, 0.29) is 9.79 Å². The van der Waals surface area contributed by atoms with Crippen molar-refractivity contribution in [3.05, 3.63) is 133 Å². The van der Waals surface area contributed by atoms with Gasteiger partial charge in [0.15, 0.2) is 0 Å². The Kier molecular flexibility index (Phi) is 10.8. The molecular formula is C43H46N4O6S2. The van der Waals surface area contributed by atoms with Gasteiger partial charge in [0.25, 0.3) is 0 Å². The van der Waals surface area contributed by atoms with E-state index in [1.165, 1.54) is 5.56 Å². The number of hydrogen-bond acceptors (Lipinski definition) is 10. The first kappa shape index (κ1) is 37.1. The molecule has 4 aliphatic rings. The van der Waals surface area contributed by atoms with Crippen molar-refractivity contribution in [2.75, 3.05) is 62.3 Å².